The van der Waals surface area contributed by atoms with Gasteiger partial charge in [0.05, 0.1) is 6.07 Å². The number of amides is 1. The summed E-state index contributed by atoms with van der Waals surface area (Å²) in [4.78, 5) is 27.0. The van der Waals surface area contributed by atoms with Gasteiger partial charge < -0.3 is 14.2 Å². The second-order valence-electron chi connectivity index (χ2n) is 6.83. The van der Waals surface area contributed by atoms with Crippen LogP contribution in [0.2, 0.25) is 0 Å². The second kappa shape index (κ2) is 6.90. The lowest BCUT2D eigenvalue weighted by Crippen LogP contribution is -2.12. The number of hydrogen-bond acceptors (Lipinski definition) is 6. The maximum absolute atomic E-state index is 12.4. The van der Waals surface area contributed by atoms with Gasteiger partial charge in [0.15, 0.2) is 11.3 Å². The van der Waals surface area contributed by atoms with Gasteiger partial charge >= 0.3 is 5.88 Å². The summed E-state index contributed by atoms with van der Waals surface area (Å²) in [5.74, 6) is -0.771. The first-order valence-electron chi connectivity index (χ1n) is 8.86. The SMILES string of the molecule is Cc1cc(C)c2oc(-c3ccc(C)c(NC(=O)c4ccc([N+](=O)[O-])o4)c3)nc2c1. The minimum Gasteiger partial charge on any atom is -0.436 e. The van der Waals surface area contributed by atoms with E-state index >= 15 is 0 Å². The van der Waals surface area contributed by atoms with Crippen LogP contribution in [0, 0.1) is 30.9 Å². The summed E-state index contributed by atoms with van der Waals surface area (Å²) in [7, 11) is 0. The number of hydrogen-bond donors (Lipinski definition) is 1. The van der Waals surface area contributed by atoms with Crippen molar-refractivity contribution in [3.05, 3.63) is 75.0 Å². The van der Waals surface area contributed by atoms with Crippen LogP contribution in [0.3, 0.4) is 0 Å². The van der Waals surface area contributed by atoms with Gasteiger partial charge in [-0.3, -0.25) is 14.9 Å². The summed E-state index contributed by atoms with van der Waals surface area (Å²) < 4.78 is 10.9. The standard InChI is InChI=1S/C21H17N3O5/c1-11-8-13(3)19-16(9-11)23-21(29-19)14-5-4-12(2)15(10-14)22-20(25)17-6-7-18(28-17)24(26)27/h4-10H,1-3H3,(H,22,25). The number of carbonyl (C=O) groups excluding carboxylic acids is 1. The van der Waals surface area contributed by atoms with Crippen molar-refractivity contribution >= 4 is 28.6 Å². The minimum absolute atomic E-state index is 0.144. The van der Waals surface area contributed by atoms with Crippen molar-refractivity contribution in [1.82, 2.24) is 4.98 Å². The van der Waals surface area contributed by atoms with E-state index in [1.807, 2.05) is 45.0 Å². The zero-order chi connectivity index (χ0) is 20.7. The molecule has 0 aliphatic carbocycles. The average molecular weight is 391 g/mol. The molecular weight excluding hydrogens is 374 g/mol. The van der Waals surface area contributed by atoms with Crippen LogP contribution >= 0.6 is 0 Å². The summed E-state index contributed by atoms with van der Waals surface area (Å²) in [6, 6.07) is 11.8. The molecule has 0 bridgehead atoms. The van der Waals surface area contributed by atoms with Gasteiger partial charge in [-0.15, -0.1) is 0 Å². The monoisotopic (exact) mass is 391 g/mol. The third kappa shape index (κ3) is 3.47. The van der Waals surface area contributed by atoms with Crippen LogP contribution in [0.15, 0.2) is 51.3 Å². The lowest BCUT2D eigenvalue weighted by Gasteiger charge is -2.08. The summed E-state index contributed by atoms with van der Waals surface area (Å²) in [5, 5.41) is 13.5. The molecule has 2 heterocycles. The summed E-state index contributed by atoms with van der Waals surface area (Å²) in [6.45, 7) is 5.80. The van der Waals surface area contributed by atoms with Crippen molar-refractivity contribution in [2.24, 2.45) is 0 Å². The number of oxazole rings is 1. The fourth-order valence-corrected chi connectivity index (χ4v) is 3.12. The van der Waals surface area contributed by atoms with Gasteiger partial charge in [0, 0.05) is 11.3 Å². The fourth-order valence-electron chi connectivity index (χ4n) is 3.12. The van der Waals surface area contributed by atoms with Crippen LogP contribution in [0.1, 0.15) is 27.2 Å². The van der Waals surface area contributed by atoms with E-state index in [4.69, 9.17) is 8.83 Å². The van der Waals surface area contributed by atoms with Gasteiger partial charge in [-0.1, -0.05) is 12.1 Å². The Bertz CT molecular complexity index is 1270. The fraction of sp³-hybridized carbons (Fsp3) is 0.143. The lowest BCUT2D eigenvalue weighted by atomic mass is 10.1. The Balaban J connectivity index is 1.66. The first kappa shape index (κ1) is 18.4. The highest BCUT2D eigenvalue weighted by Gasteiger charge is 2.19. The Morgan fingerprint density at radius 2 is 1.83 bits per heavy atom. The average Bonchev–Trinajstić information content (AvgIpc) is 3.31. The lowest BCUT2D eigenvalue weighted by molar-refractivity contribution is -0.402. The molecule has 1 amide bonds. The zero-order valence-electron chi connectivity index (χ0n) is 16.0. The number of furan rings is 1. The van der Waals surface area contributed by atoms with Crippen LogP contribution in [-0.4, -0.2) is 15.8 Å². The van der Waals surface area contributed by atoms with Crippen molar-refractivity contribution in [1.29, 1.82) is 0 Å². The normalized spacial score (nSPS) is 11.0. The Hall–Kier alpha value is -3.94. The smallest absolute Gasteiger partial charge is 0.433 e. The van der Waals surface area contributed by atoms with Crippen molar-refractivity contribution in [3.8, 4) is 11.5 Å². The summed E-state index contributed by atoms with van der Waals surface area (Å²) in [6.07, 6.45) is 0. The van der Waals surface area contributed by atoms with Crippen LogP contribution in [-0.2, 0) is 0 Å². The predicted octanol–water partition coefficient (Wildman–Crippen LogP) is 5.17. The Morgan fingerprint density at radius 1 is 1.03 bits per heavy atom. The number of rotatable bonds is 4. The number of benzene rings is 2. The number of fused-ring (bicyclic) bond motifs is 1. The van der Waals surface area contributed by atoms with E-state index < -0.39 is 16.7 Å². The highest BCUT2D eigenvalue weighted by atomic mass is 16.6. The van der Waals surface area contributed by atoms with E-state index in [0.29, 0.717) is 17.1 Å². The molecule has 1 N–H and O–H groups in total. The number of nitrogens with one attached hydrogen (secondary N) is 1. The molecule has 0 saturated carbocycles. The molecule has 0 unspecified atom stereocenters. The molecule has 0 radical (unpaired) electrons. The molecule has 146 valence electrons. The van der Waals surface area contributed by atoms with E-state index in [9.17, 15) is 14.9 Å². The third-order valence-electron chi connectivity index (χ3n) is 4.55. The maximum atomic E-state index is 12.4. The molecule has 0 saturated heterocycles. The highest BCUT2D eigenvalue weighted by molar-refractivity contribution is 6.03. The molecular formula is C21H17N3O5. The van der Waals surface area contributed by atoms with Gasteiger partial charge in [-0.05, 0) is 61.7 Å². The molecule has 4 rings (SSSR count). The Kier molecular flexibility index (Phi) is 4.38. The molecule has 4 aromatic rings. The molecule has 0 aliphatic rings. The number of aromatic nitrogens is 1. The van der Waals surface area contributed by atoms with Gasteiger partial charge in [0.1, 0.15) is 10.4 Å². The predicted molar refractivity (Wildman–Crippen MR) is 107 cm³/mol. The molecule has 8 heteroatoms. The van der Waals surface area contributed by atoms with Crippen LogP contribution in [0.4, 0.5) is 11.6 Å². The van der Waals surface area contributed by atoms with E-state index in [-0.39, 0.29) is 5.76 Å². The van der Waals surface area contributed by atoms with E-state index in [0.717, 1.165) is 33.9 Å². The van der Waals surface area contributed by atoms with Crippen molar-refractivity contribution in [2.45, 2.75) is 20.8 Å². The van der Waals surface area contributed by atoms with Crippen molar-refractivity contribution < 1.29 is 18.6 Å². The quantitative estimate of drug-likeness (QED) is 0.379. The first-order chi connectivity index (χ1) is 13.8. The topological polar surface area (TPSA) is 111 Å². The van der Waals surface area contributed by atoms with Crippen LogP contribution in [0.5, 0.6) is 0 Å². The molecule has 8 nitrogen and oxygen atoms in total. The maximum Gasteiger partial charge on any atom is 0.433 e. The molecule has 2 aromatic heterocycles. The number of anilines is 1. The van der Waals surface area contributed by atoms with Crippen LogP contribution in [0.25, 0.3) is 22.6 Å². The Labute approximate surface area is 165 Å². The van der Waals surface area contributed by atoms with Gasteiger partial charge in [-0.2, -0.15) is 0 Å². The van der Waals surface area contributed by atoms with E-state index in [2.05, 4.69) is 10.3 Å². The van der Waals surface area contributed by atoms with E-state index in [1.54, 1.807) is 6.07 Å². The summed E-state index contributed by atoms with van der Waals surface area (Å²) in [5.41, 5.74) is 5.63. The number of aryl methyl sites for hydroxylation is 3. The number of nitro groups is 1. The molecule has 0 aliphatic heterocycles. The summed E-state index contributed by atoms with van der Waals surface area (Å²) >= 11 is 0. The second-order valence-corrected chi connectivity index (χ2v) is 6.83. The van der Waals surface area contributed by atoms with Crippen LogP contribution < -0.4 is 5.32 Å². The number of carbonyl (C=O) groups is 1. The van der Waals surface area contributed by atoms with E-state index in [1.165, 1.54) is 6.07 Å². The number of nitrogens with zero attached hydrogens (tertiary/aromatic N) is 2. The van der Waals surface area contributed by atoms with Crippen molar-refractivity contribution in [2.75, 3.05) is 5.32 Å². The van der Waals surface area contributed by atoms with Gasteiger partial charge in [0.2, 0.25) is 5.89 Å². The molecule has 0 atom stereocenters. The van der Waals surface area contributed by atoms with Crippen molar-refractivity contribution in [3.63, 3.8) is 0 Å². The largest absolute Gasteiger partial charge is 0.436 e. The highest BCUT2D eigenvalue weighted by Crippen LogP contribution is 2.30. The van der Waals surface area contributed by atoms with Gasteiger partial charge in [0.25, 0.3) is 5.91 Å². The third-order valence-corrected chi connectivity index (χ3v) is 4.55. The first-order valence-corrected chi connectivity index (χ1v) is 8.86. The Morgan fingerprint density at radius 3 is 2.55 bits per heavy atom. The molecule has 0 spiro atoms. The minimum atomic E-state index is -0.695. The zero-order valence-corrected chi connectivity index (χ0v) is 16.0. The molecule has 0 fully saturated rings. The molecule has 2 aromatic carbocycles. The van der Waals surface area contributed by atoms with Gasteiger partial charge in [-0.25, -0.2) is 4.98 Å². The molecule has 29 heavy (non-hydrogen) atoms.